The van der Waals surface area contributed by atoms with Gasteiger partial charge in [-0.25, -0.2) is 5.43 Å². The number of hydrazine groups is 1. The molecule has 2 aliphatic rings. The van der Waals surface area contributed by atoms with Gasteiger partial charge in [0.15, 0.2) is 0 Å². The van der Waals surface area contributed by atoms with Crippen molar-refractivity contribution in [1.82, 2.24) is 5.43 Å². The van der Waals surface area contributed by atoms with E-state index in [0.717, 1.165) is 12.0 Å². The van der Waals surface area contributed by atoms with Gasteiger partial charge in [-0.15, -0.1) is 0 Å². The van der Waals surface area contributed by atoms with Crippen molar-refractivity contribution in [3.05, 3.63) is 23.8 Å². The van der Waals surface area contributed by atoms with Gasteiger partial charge in [0.25, 0.3) is 0 Å². The van der Waals surface area contributed by atoms with E-state index in [4.69, 9.17) is 9.31 Å². The van der Waals surface area contributed by atoms with Crippen LogP contribution in [0.4, 0.5) is 5.69 Å². The van der Waals surface area contributed by atoms with Crippen LogP contribution in [-0.2, 0) is 15.9 Å². The van der Waals surface area contributed by atoms with Gasteiger partial charge in [-0.3, -0.25) is 0 Å². The molecular formula is C14H21BN2O2. The van der Waals surface area contributed by atoms with E-state index in [-0.39, 0.29) is 18.3 Å². The van der Waals surface area contributed by atoms with Gasteiger partial charge in [-0.05, 0) is 44.8 Å². The Labute approximate surface area is 115 Å². The van der Waals surface area contributed by atoms with Crippen LogP contribution >= 0.6 is 0 Å². The lowest BCUT2D eigenvalue weighted by atomic mass is 9.75. The molecule has 0 amide bonds. The molecule has 2 aliphatic heterocycles. The minimum absolute atomic E-state index is 0.284. The molecule has 0 radical (unpaired) electrons. The average Bonchev–Trinajstić information content (AvgIpc) is 2.78. The summed E-state index contributed by atoms with van der Waals surface area (Å²) in [5.41, 5.74) is 6.33. The van der Waals surface area contributed by atoms with Crippen molar-refractivity contribution in [2.45, 2.75) is 45.4 Å². The Kier molecular flexibility index (Phi) is 2.72. The largest absolute Gasteiger partial charge is 0.495 e. The normalized spacial score (nSPS) is 23.8. The van der Waals surface area contributed by atoms with Gasteiger partial charge in [0.2, 0.25) is 0 Å². The summed E-state index contributed by atoms with van der Waals surface area (Å²) in [5, 5.41) is 2.05. The van der Waals surface area contributed by atoms with Gasteiger partial charge in [0, 0.05) is 13.6 Å². The highest BCUT2D eigenvalue weighted by molar-refractivity contribution is 6.62. The first-order chi connectivity index (χ1) is 8.82. The van der Waals surface area contributed by atoms with Gasteiger partial charge in [-0.1, -0.05) is 12.1 Å². The molecule has 2 heterocycles. The van der Waals surface area contributed by atoms with E-state index in [1.54, 1.807) is 0 Å². The predicted molar refractivity (Wildman–Crippen MR) is 77.4 cm³/mol. The second-order valence-corrected chi connectivity index (χ2v) is 6.33. The third kappa shape index (κ3) is 1.88. The summed E-state index contributed by atoms with van der Waals surface area (Å²) in [6.45, 7) is 9.16. The van der Waals surface area contributed by atoms with Crippen LogP contribution in [0.3, 0.4) is 0 Å². The maximum atomic E-state index is 6.14. The molecule has 0 bridgehead atoms. The van der Waals surface area contributed by atoms with Crippen molar-refractivity contribution in [3.63, 3.8) is 0 Å². The molecule has 1 fully saturated rings. The van der Waals surface area contributed by atoms with Crippen LogP contribution in [0.25, 0.3) is 0 Å². The van der Waals surface area contributed by atoms with Gasteiger partial charge in [0.05, 0.1) is 16.9 Å². The Morgan fingerprint density at radius 3 is 2.42 bits per heavy atom. The molecule has 0 spiro atoms. The van der Waals surface area contributed by atoms with Crippen molar-refractivity contribution in [2.75, 3.05) is 12.1 Å². The van der Waals surface area contributed by atoms with Crippen LogP contribution in [0.2, 0.25) is 0 Å². The van der Waals surface area contributed by atoms with Crippen LogP contribution in [0.15, 0.2) is 18.2 Å². The molecule has 1 N–H and O–H groups in total. The van der Waals surface area contributed by atoms with Crippen LogP contribution in [0.5, 0.6) is 0 Å². The highest BCUT2D eigenvalue weighted by Crippen LogP contribution is 2.37. The fraction of sp³-hybridized carbons (Fsp3) is 0.571. The smallest absolute Gasteiger partial charge is 0.399 e. The lowest BCUT2D eigenvalue weighted by molar-refractivity contribution is 0.00578. The zero-order chi connectivity index (χ0) is 13.8. The molecule has 0 aromatic heterocycles. The van der Waals surface area contributed by atoms with Gasteiger partial charge < -0.3 is 14.3 Å². The van der Waals surface area contributed by atoms with Crippen LogP contribution in [-0.4, -0.2) is 25.4 Å². The number of fused-ring (bicyclic) bond motifs is 1. The van der Waals surface area contributed by atoms with Crippen LogP contribution in [0.1, 0.15) is 33.3 Å². The molecule has 1 saturated heterocycles. The Balaban J connectivity index is 1.98. The summed E-state index contributed by atoms with van der Waals surface area (Å²) in [6, 6.07) is 6.27. The third-order valence-electron chi connectivity index (χ3n) is 4.55. The molecule has 4 nitrogen and oxygen atoms in total. The lowest BCUT2D eigenvalue weighted by Crippen LogP contribution is -2.41. The molecule has 3 rings (SSSR count). The fourth-order valence-electron chi connectivity index (χ4n) is 2.57. The maximum absolute atomic E-state index is 6.14. The molecule has 1 aromatic rings. The molecule has 0 saturated carbocycles. The zero-order valence-corrected chi connectivity index (χ0v) is 12.3. The van der Waals surface area contributed by atoms with Crippen molar-refractivity contribution in [3.8, 4) is 0 Å². The van der Waals surface area contributed by atoms with E-state index in [9.17, 15) is 0 Å². The first-order valence-corrected chi connectivity index (χ1v) is 6.76. The van der Waals surface area contributed by atoms with E-state index in [2.05, 4.69) is 51.3 Å². The highest BCUT2D eigenvalue weighted by Gasteiger charge is 2.52. The van der Waals surface area contributed by atoms with Gasteiger partial charge >= 0.3 is 7.12 Å². The van der Waals surface area contributed by atoms with Crippen molar-refractivity contribution in [1.29, 1.82) is 0 Å². The molecule has 0 aliphatic carbocycles. The van der Waals surface area contributed by atoms with E-state index < -0.39 is 0 Å². The molecule has 0 unspecified atom stereocenters. The molecule has 0 atom stereocenters. The highest BCUT2D eigenvalue weighted by atomic mass is 16.7. The number of hydrogen-bond acceptors (Lipinski definition) is 4. The Bertz CT molecular complexity index is 500. The minimum Gasteiger partial charge on any atom is -0.399 e. The zero-order valence-electron chi connectivity index (χ0n) is 12.3. The van der Waals surface area contributed by atoms with E-state index >= 15 is 0 Å². The topological polar surface area (TPSA) is 33.7 Å². The van der Waals surface area contributed by atoms with Crippen molar-refractivity contribution < 1.29 is 9.31 Å². The van der Waals surface area contributed by atoms with Crippen LogP contribution < -0.4 is 15.9 Å². The SMILES string of the molecule is CN1NCc2c(B3OC(C)(C)C(C)(C)O3)cccc21. The average molecular weight is 260 g/mol. The summed E-state index contributed by atoms with van der Waals surface area (Å²) in [4.78, 5) is 0. The van der Waals surface area contributed by atoms with Gasteiger partial charge in [-0.2, -0.15) is 0 Å². The summed E-state index contributed by atoms with van der Waals surface area (Å²) < 4.78 is 12.3. The first kappa shape index (κ1) is 13.0. The molecule has 102 valence electrons. The number of benzene rings is 1. The maximum Gasteiger partial charge on any atom is 0.495 e. The number of rotatable bonds is 1. The summed E-state index contributed by atoms with van der Waals surface area (Å²) in [5.74, 6) is 0. The predicted octanol–water partition coefficient (Wildman–Crippen LogP) is 1.44. The molecule has 19 heavy (non-hydrogen) atoms. The molecule has 1 aromatic carbocycles. The second kappa shape index (κ2) is 3.98. The van der Waals surface area contributed by atoms with E-state index in [0.29, 0.717) is 0 Å². The van der Waals surface area contributed by atoms with Gasteiger partial charge in [0.1, 0.15) is 0 Å². The monoisotopic (exact) mass is 260 g/mol. The Hall–Kier alpha value is -1.04. The number of nitrogens with zero attached hydrogens (tertiary/aromatic N) is 1. The van der Waals surface area contributed by atoms with Crippen molar-refractivity contribution in [2.24, 2.45) is 0 Å². The second-order valence-electron chi connectivity index (χ2n) is 6.33. The Morgan fingerprint density at radius 2 is 1.79 bits per heavy atom. The minimum atomic E-state index is -0.293. The standard InChI is InChI=1S/C14H21BN2O2/c1-13(2)14(3,4)19-15(18-13)11-7-6-8-12-10(11)9-16-17(12)5/h6-8,16H,9H2,1-5H3. The van der Waals surface area contributed by atoms with E-state index in [1.165, 1.54) is 11.3 Å². The number of anilines is 1. The first-order valence-electron chi connectivity index (χ1n) is 6.76. The van der Waals surface area contributed by atoms with Crippen molar-refractivity contribution >= 4 is 18.3 Å². The molecular weight excluding hydrogens is 239 g/mol. The summed E-state index contributed by atoms with van der Waals surface area (Å²) in [7, 11) is 1.74. The van der Waals surface area contributed by atoms with Crippen LogP contribution in [0, 0.1) is 0 Å². The third-order valence-corrected chi connectivity index (χ3v) is 4.55. The summed E-state index contributed by atoms with van der Waals surface area (Å²) in [6.07, 6.45) is 0. The Morgan fingerprint density at radius 1 is 1.16 bits per heavy atom. The lowest BCUT2D eigenvalue weighted by Gasteiger charge is -2.32. The summed E-state index contributed by atoms with van der Waals surface area (Å²) >= 11 is 0. The fourth-order valence-corrected chi connectivity index (χ4v) is 2.57. The number of nitrogens with one attached hydrogen (secondary N) is 1. The quantitative estimate of drug-likeness (QED) is 0.775. The number of hydrogen-bond donors (Lipinski definition) is 1. The van der Waals surface area contributed by atoms with E-state index in [1.807, 2.05) is 12.1 Å². The molecule has 5 heteroatoms.